The number of rotatable bonds is 3. The molecule has 1 aromatic carbocycles. The zero-order valence-corrected chi connectivity index (χ0v) is 11.1. The molecular formula is C15H21NO. The number of furan rings is 1. The molecule has 2 nitrogen and oxygen atoms in total. The van der Waals surface area contributed by atoms with Crippen LogP contribution in [0.3, 0.4) is 0 Å². The molecule has 0 saturated carbocycles. The Balaban J connectivity index is 2.30. The van der Waals surface area contributed by atoms with Crippen LogP contribution in [0, 0.1) is 0 Å². The molecule has 0 aliphatic carbocycles. The van der Waals surface area contributed by atoms with E-state index in [4.69, 9.17) is 4.42 Å². The van der Waals surface area contributed by atoms with E-state index in [-0.39, 0.29) is 5.54 Å². The maximum atomic E-state index is 5.70. The highest BCUT2D eigenvalue weighted by Gasteiger charge is 2.12. The van der Waals surface area contributed by atoms with E-state index in [1.807, 2.05) is 6.26 Å². The molecule has 92 valence electrons. The van der Waals surface area contributed by atoms with E-state index in [2.05, 4.69) is 51.2 Å². The van der Waals surface area contributed by atoms with Crippen LogP contribution in [-0.2, 0) is 13.0 Å². The Morgan fingerprint density at radius 2 is 1.94 bits per heavy atom. The molecule has 2 rings (SSSR count). The van der Waals surface area contributed by atoms with E-state index in [0.29, 0.717) is 0 Å². The first-order valence-corrected chi connectivity index (χ1v) is 6.24. The number of nitrogens with one attached hydrogen (secondary N) is 1. The summed E-state index contributed by atoms with van der Waals surface area (Å²) < 4.78 is 5.70. The van der Waals surface area contributed by atoms with Crippen LogP contribution < -0.4 is 5.32 Å². The maximum Gasteiger partial charge on any atom is 0.137 e. The minimum absolute atomic E-state index is 0.131. The van der Waals surface area contributed by atoms with Gasteiger partial charge in [-0.15, -0.1) is 0 Å². The van der Waals surface area contributed by atoms with Crippen LogP contribution in [0.4, 0.5) is 0 Å². The van der Waals surface area contributed by atoms with Gasteiger partial charge in [-0.05, 0) is 32.8 Å². The van der Waals surface area contributed by atoms with Gasteiger partial charge in [0.1, 0.15) is 5.58 Å². The van der Waals surface area contributed by atoms with Gasteiger partial charge in [0.15, 0.2) is 0 Å². The van der Waals surface area contributed by atoms with Crippen molar-refractivity contribution in [3.05, 3.63) is 35.6 Å². The highest BCUT2D eigenvalue weighted by Crippen LogP contribution is 2.25. The van der Waals surface area contributed by atoms with Crippen molar-refractivity contribution in [3.63, 3.8) is 0 Å². The van der Waals surface area contributed by atoms with Crippen LogP contribution in [0.25, 0.3) is 11.0 Å². The summed E-state index contributed by atoms with van der Waals surface area (Å²) in [5.74, 6) is 0. The molecule has 0 aliphatic rings. The third-order valence-electron chi connectivity index (χ3n) is 2.95. The lowest BCUT2D eigenvalue weighted by Crippen LogP contribution is -2.34. The predicted octanol–water partition coefficient (Wildman–Crippen LogP) is 3.88. The van der Waals surface area contributed by atoms with Crippen molar-refractivity contribution in [1.29, 1.82) is 0 Å². The fourth-order valence-electron chi connectivity index (χ4n) is 1.95. The second-order valence-corrected chi connectivity index (χ2v) is 5.51. The van der Waals surface area contributed by atoms with Gasteiger partial charge in [0.05, 0.1) is 6.26 Å². The van der Waals surface area contributed by atoms with Gasteiger partial charge in [-0.2, -0.15) is 0 Å². The van der Waals surface area contributed by atoms with Gasteiger partial charge in [0.2, 0.25) is 0 Å². The first-order chi connectivity index (χ1) is 8.01. The molecule has 1 N–H and O–H groups in total. The number of aryl methyl sites for hydroxylation is 1. The van der Waals surface area contributed by atoms with Crippen molar-refractivity contribution in [2.24, 2.45) is 0 Å². The summed E-state index contributed by atoms with van der Waals surface area (Å²) in [5.41, 5.74) is 3.70. The summed E-state index contributed by atoms with van der Waals surface area (Å²) in [5, 5.41) is 4.73. The summed E-state index contributed by atoms with van der Waals surface area (Å²) in [4.78, 5) is 0. The molecule has 0 fully saturated rings. The Bertz CT molecular complexity index is 505. The van der Waals surface area contributed by atoms with E-state index in [0.717, 1.165) is 18.5 Å². The molecule has 0 saturated heterocycles. The van der Waals surface area contributed by atoms with Crippen LogP contribution in [-0.4, -0.2) is 5.54 Å². The fraction of sp³-hybridized carbons (Fsp3) is 0.467. The number of hydrogen-bond acceptors (Lipinski definition) is 2. The molecule has 0 aliphatic heterocycles. The van der Waals surface area contributed by atoms with Gasteiger partial charge in [-0.3, -0.25) is 0 Å². The average Bonchev–Trinajstić information content (AvgIpc) is 2.68. The standard InChI is InChI=1S/C15H21NO/c1-5-11-7-6-8-13-12(10-17-14(11)13)9-16-15(2,3)4/h6-8,10,16H,5,9H2,1-4H3. The van der Waals surface area contributed by atoms with Gasteiger partial charge in [-0.25, -0.2) is 0 Å². The summed E-state index contributed by atoms with van der Waals surface area (Å²) in [7, 11) is 0. The Morgan fingerprint density at radius 1 is 1.18 bits per heavy atom. The number of hydrogen-bond donors (Lipinski definition) is 1. The largest absolute Gasteiger partial charge is 0.464 e. The van der Waals surface area contributed by atoms with Gasteiger partial charge >= 0.3 is 0 Å². The lowest BCUT2D eigenvalue weighted by atomic mass is 10.1. The highest BCUT2D eigenvalue weighted by molar-refractivity contribution is 5.83. The molecule has 0 radical (unpaired) electrons. The van der Waals surface area contributed by atoms with Gasteiger partial charge in [0.25, 0.3) is 0 Å². The predicted molar refractivity (Wildman–Crippen MR) is 72.2 cm³/mol. The molecule has 2 aromatic rings. The first kappa shape index (κ1) is 12.2. The molecule has 2 heteroatoms. The summed E-state index contributed by atoms with van der Waals surface area (Å²) in [6.45, 7) is 9.53. The van der Waals surface area contributed by atoms with Crippen LogP contribution >= 0.6 is 0 Å². The molecule has 0 spiro atoms. The van der Waals surface area contributed by atoms with Crippen LogP contribution in [0.5, 0.6) is 0 Å². The normalized spacial score (nSPS) is 12.2. The van der Waals surface area contributed by atoms with Crippen molar-refractivity contribution in [2.45, 2.75) is 46.2 Å². The second kappa shape index (κ2) is 4.53. The second-order valence-electron chi connectivity index (χ2n) is 5.51. The smallest absolute Gasteiger partial charge is 0.137 e. The fourth-order valence-corrected chi connectivity index (χ4v) is 1.95. The summed E-state index contributed by atoms with van der Waals surface area (Å²) in [6.07, 6.45) is 2.89. The van der Waals surface area contributed by atoms with Crippen molar-refractivity contribution in [3.8, 4) is 0 Å². The quantitative estimate of drug-likeness (QED) is 0.867. The minimum Gasteiger partial charge on any atom is -0.464 e. The van der Waals surface area contributed by atoms with E-state index in [1.165, 1.54) is 16.5 Å². The SMILES string of the molecule is CCc1cccc2c(CNC(C)(C)C)coc12. The van der Waals surface area contributed by atoms with E-state index in [1.54, 1.807) is 0 Å². The molecule has 17 heavy (non-hydrogen) atoms. The molecule has 0 atom stereocenters. The first-order valence-electron chi connectivity index (χ1n) is 6.24. The summed E-state index contributed by atoms with van der Waals surface area (Å²) in [6, 6.07) is 6.38. The maximum absolute atomic E-state index is 5.70. The average molecular weight is 231 g/mol. The minimum atomic E-state index is 0.131. The van der Waals surface area contributed by atoms with Crippen molar-refractivity contribution in [2.75, 3.05) is 0 Å². The van der Waals surface area contributed by atoms with E-state index in [9.17, 15) is 0 Å². The number of para-hydroxylation sites is 1. The third kappa shape index (κ3) is 2.70. The van der Waals surface area contributed by atoms with E-state index < -0.39 is 0 Å². The lowest BCUT2D eigenvalue weighted by molar-refractivity contribution is 0.423. The Hall–Kier alpha value is -1.28. The Kier molecular flexibility index (Phi) is 3.25. The molecule has 0 unspecified atom stereocenters. The zero-order chi connectivity index (χ0) is 12.5. The highest BCUT2D eigenvalue weighted by atomic mass is 16.3. The molecule has 0 amide bonds. The molecule has 0 bridgehead atoms. The lowest BCUT2D eigenvalue weighted by Gasteiger charge is -2.19. The van der Waals surface area contributed by atoms with Gasteiger partial charge in [0, 0.05) is 23.0 Å². The third-order valence-corrected chi connectivity index (χ3v) is 2.95. The number of benzene rings is 1. The Morgan fingerprint density at radius 3 is 2.59 bits per heavy atom. The van der Waals surface area contributed by atoms with Crippen molar-refractivity contribution < 1.29 is 4.42 Å². The molecule has 1 aromatic heterocycles. The van der Waals surface area contributed by atoms with Crippen molar-refractivity contribution in [1.82, 2.24) is 5.32 Å². The number of fused-ring (bicyclic) bond motifs is 1. The molecular weight excluding hydrogens is 210 g/mol. The van der Waals surface area contributed by atoms with Crippen LogP contribution in [0.15, 0.2) is 28.9 Å². The zero-order valence-electron chi connectivity index (χ0n) is 11.1. The van der Waals surface area contributed by atoms with Crippen LogP contribution in [0.2, 0.25) is 0 Å². The monoisotopic (exact) mass is 231 g/mol. The van der Waals surface area contributed by atoms with Gasteiger partial charge in [-0.1, -0.05) is 25.1 Å². The van der Waals surface area contributed by atoms with Crippen LogP contribution in [0.1, 0.15) is 38.8 Å². The van der Waals surface area contributed by atoms with Gasteiger partial charge < -0.3 is 9.73 Å². The summed E-state index contributed by atoms with van der Waals surface area (Å²) >= 11 is 0. The topological polar surface area (TPSA) is 25.2 Å². The van der Waals surface area contributed by atoms with E-state index >= 15 is 0 Å². The van der Waals surface area contributed by atoms with Crippen molar-refractivity contribution >= 4 is 11.0 Å². The molecule has 1 heterocycles. The Labute approximate surface area is 103 Å².